The number of carbonyl (C=O) groups is 1. The Morgan fingerprint density at radius 3 is 2.68 bits per heavy atom. The molecule has 28 heavy (non-hydrogen) atoms. The van der Waals surface area contributed by atoms with Gasteiger partial charge in [-0.1, -0.05) is 47.6 Å². The van der Waals surface area contributed by atoms with Crippen LogP contribution in [0, 0.1) is 0 Å². The molecule has 3 aromatic rings. The first-order valence-corrected chi connectivity index (χ1v) is 10.1. The molecule has 1 N–H and O–H groups in total. The van der Waals surface area contributed by atoms with Gasteiger partial charge in [0.1, 0.15) is 5.75 Å². The topological polar surface area (TPSA) is 69.0 Å². The number of aromatic nitrogens is 3. The summed E-state index contributed by atoms with van der Waals surface area (Å²) in [6, 6.07) is 15.3. The van der Waals surface area contributed by atoms with Gasteiger partial charge in [0.2, 0.25) is 5.91 Å². The number of benzene rings is 2. The van der Waals surface area contributed by atoms with Gasteiger partial charge in [-0.05, 0) is 36.2 Å². The molecule has 3 rings (SSSR count). The maximum atomic E-state index is 12.1. The molecule has 0 atom stereocenters. The lowest BCUT2D eigenvalue weighted by molar-refractivity contribution is -0.118. The first kappa shape index (κ1) is 20.2. The molecule has 0 bridgehead atoms. The SMILES string of the molecule is COc1ccccc1-c1nnc(SCC(=O)NCCc2ccc(Cl)cc2)n1C. The highest BCUT2D eigenvalue weighted by Crippen LogP contribution is 2.29. The highest BCUT2D eigenvalue weighted by molar-refractivity contribution is 7.99. The summed E-state index contributed by atoms with van der Waals surface area (Å²) in [7, 11) is 3.50. The Morgan fingerprint density at radius 1 is 1.18 bits per heavy atom. The number of ether oxygens (including phenoxy) is 1. The van der Waals surface area contributed by atoms with Crippen LogP contribution >= 0.6 is 23.4 Å². The summed E-state index contributed by atoms with van der Waals surface area (Å²) in [6.45, 7) is 0.576. The molecule has 0 unspecified atom stereocenters. The van der Waals surface area contributed by atoms with Gasteiger partial charge in [0.05, 0.1) is 18.4 Å². The Bertz CT molecular complexity index is 944. The number of carbonyl (C=O) groups excluding carboxylic acids is 1. The predicted molar refractivity (Wildman–Crippen MR) is 112 cm³/mol. The van der Waals surface area contributed by atoms with Crippen molar-refractivity contribution in [2.75, 3.05) is 19.4 Å². The van der Waals surface area contributed by atoms with Crippen molar-refractivity contribution in [1.82, 2.24) is 20.1 Å². The van der Waals surface area contributed by atoms with Gasteiger partial charge in [-0.3, -0.25) is 4.79 Å². The lowest BCUT2D eigenvalue weighted by Gasteiger charge is -2.08. The number of halogens is 1. The number of methoxy groups -OCH3 is 1. The van der Waals surface area contributed by atoms with Crippen LogP contribution in [0.2, 0.25) is 5.02 Å². The van der Waals surface area contributed by atoms with Crippen LogP contribution in [0.5, 0.6) is 5.75 Å². The number of rotatable bonds is 8. The fourth-order valence-electron chi connectivity index (χ4n) is 2.68. The molecule has 0 fully saturated rings. The average molecular weight is 417 g/mol. The fourth-order valence-corrected chi connectivity index (χ4v) is 3.55. The van der Waals surface area contributed by atoms with E-state index in [1.54, 1.807) is 7.11 Å². The second-order valence-electron chi connectivity index (χ2n) is 6.08. The van der Waals surface area contributed by atoms with Crippen molar-refractivity contribution < 1.29 is 9.53 Å². The van der Waals surface area contributed by atoms with E-state index in [4.69, 9.17) is 16.3 Å². The quantitative estimate of drug-likeness (QED) is 0.568. The molecule has 0 radical (unpaired) electrons. The zero-order valence-electron chi connectivity index (χ0n) is 15.7. The van der Waals surface area contributed by atoms with Crippen LogP contribution in [0.25, 0.3) is 11.4 Å². The minimum atomic E-state index is -0.0409. The van der Waals surface area contributed by atoms with Crippen LogP contribution in [0.15, 0.2) is 53.7 Å². The van der Waals surface area contributed by atoms with E-state index in [9.17, 15) is 4.79 Å². The molecule has 1 heterocycles. The largest absolute Gasteiger partial charge is 0.496 e. The number of nitrogens with one attached hydrogen (secondary N) is 1. The summed E-state index contributed by atoms with van der Waals surface area (Å²) in [5, 5.41) is 12.8. The van der Waals surface area contributed by atoms with Crippen LogP contribution in [0.1, 0.15) is 5.56 Å². The number of para-hydroxylation sites is 1. The maximum absolute atomic E-state index is 12.1. The highest BCUT2D eigenvalue weighted by Gasteiger charge is 2.15. The average Bonchev–Trinajstić information content (AvgIpc) is 3.08. The van der Waals surface area contributed by atoms with E-state index < -0.39 is 0 Å². The third kappa shape index (κ3) is 5.05. The number of amides is 1. The van der Waals surface area contributed by atoms with Crippen molar-refractivity contribution in [3.63, 3.8) is 0 Å². The molecule has 0 spiro atoms. The summed E-state index contributed by atoms with van der Waals surface area (Å²) in [5.41, 5.74) is 1.99. The maximum Gasteiger partial charge on any atom is 0.230 e. The molecule has 2 aromatic carbocycles. The van der Waals surface area contributed by atoms with E-state index in [0.717, 1.165) is 23.3 Å². The molecule has 0 saturated heterocycles. The molecule has 8 heteroatoms. The van der Waals surface area contributed by atoms with Crippen molar-refractivity contribution >= 4 is 29.3 Å². The van der Waals surface area contributed by atoms with E-state index in [1.165, 1.54) is 11.8 Å². The van der Waals surface area contributed by atoms with Crippen molar-refractivity contribution in [1.29, 1.82) is 0 Å². The smallest absolute Gasteiger partial charge is 0.230 e. The minimum absolute atomic E-state index is 0.0409. The summed E-state index contributed by atoms with van der Waals surface area (Å²) in [5.74, 6) is 1.66. The summed E-state index contributed by atoms with van der Waals surface area (Å²) >= 11 is 7.22. The molecule has 146 valence electrons. The van der Waals surface area contributed by atoms with E-state index in [1.807, 2.05) is 60.1 Å². The van der Waals surface area contributed by atoms with Gasteiger partial charge in [-0.2, -0.15) is 0 Å². The number of thioether (sulfide) groups is 1. The Labute approximate surface area is 173 Å². The zero-order valence-corrected chi connectivity index (χ0v) is 17.3. The molecule has 0 aliphatic rings. The monoisotopic (exact) mass is 416 g/mol. The molecule has 6 nitrogen and oxygen atoms in total. The molecule has 1 amide bonds. The van der Waals surface area contributed by atoms with Gasteiger partial charge in [-0.15, -0.1) is 10.2 Å². The predicted octanol–water partition coefficient (Wildman–Crippen LogP) is 3.60. The van der Waals surface area contributed by atoms with Gasteiger partial charge in [0.15, 0.2) is 11.0 Å². The lowest BCUT2D eigenvalue weighted by Crippen LogP contribution is -2.27. The van der Waals surface area contributed by atoms with E-state index in [0.29, 0.717) is 22.5 Å². The summed E-state index contributed by atoms with van der Waals surface area (Å²) in [4.78, 5) is 12.1. The molecule has 1 aromatic heterocycles. The van der Waals surface area contributed by atoms with Gasteiger partial charge in [0.25, 0.3) is 0 Å². The fraction of sp³-hybridized carbons (Fsp3) is 0.250. The zero-order chi connectivity index (χ0) is 19.9. The summed E-state index contributed by atoms with van der Waals surface area (Å²) in [6.07, 6.45) is 0.759. The van der Waals surface area contributed by atoms with Crippen LogP contribution in [0.4, 0.5) is 0 Å². The molecule has 0 aliphatic heterocycles. The van der Waals surface area contributed by atoms with Gasteiger partial charge in [0, 0.05) is 18.6 Å². The molecular weight excluding hydrogens is 396 g/mol. The Hall–Kier alpha value is -2.51. The van der Waals surface area contributed by atoms with Gasteiger partial charge < -0.3 is 14.6 Å². The normalized spacial score (nSPS) is 10.7. The van der Waals surface area contributed by atoms with Crippen LogP contribution in [-0.4, -0.2) is 40.1 Å². The minimum Gasteiger partial charge on any atom is -0.496 e. The van der Waals surface area contributed by atoms with Gasteiger partial charge >= 0.3 is 0 Å². The molecule has 0 saturated carbocycles. The highest BCUT2D eigenvalue weighted by atomic mass is 35.5. The Kier molecular flexibility index (Phi) is 6.95. The third-order valence-electron chi connectivity index (χ3n) is 4.16. The summed E-state index contributed by atoms with van der Waals surface area (Å²) < 4.78 is 7.25. The second-order valence-corrected chi connectivity index (χ2v) is 7.46. The van der Waals surface area contributed by atoms with Gasteiger partial charge in [-0.25, -0.2) is 0 Å². The number of hydrogen-bond donors (Lipinski definition) is 1. The first-order chi connectivity index (χ1) is 13.6. The second kappa shape index (κ2) is 9.61. The third-order valence-corrected chi connectivity index (χ3v) is 5.44. The molecule has 0 aliphatic carbocycles. The van der Waals surface area contributed by atoms with Crippen molar-refractivity contribution in [2.24, 2.45) is 7.05 Å². The van der Waals surface area contributed by atoms with Crippen molar-refractivity contribution in [3.05, 3.63) is 59.1 Å². The Balaban J connectivity index is 1.52. The van der Waals surface area contributed by atoms with E-state index in [2.05, 4.69) is 15.5 Å². The van der Waals surface area contributed by atoms with E-state index in [-0.39, 0.29) is 11.7 Å². The van der Waals surface area contributed by atoms with Crippen molar-refractivity contribution in [2.45, 2.75) is 11.6 Å². The lowest BCUT2D eigenvalue weighted by atomic mass is 10.1. The molecular formula is C20H21ClN4O2S. The Morgan fingerprint density at radius 2 is 1.93 bits per heavy atom. The van der Waals surface area contributed by atoms with E-state index >= 15 is 0 Å². The van der Waals surface area contributed by atoms with Crippen molar-refractivity contribution in [3.8, 4) is 17.1 Å². The number of hydrogen-bond acceptors (Lipinski definition) is 5. The van der Waals surface area contributed by atoms with Crippen LogP contribution < -0.4 is 10.1 Å². The van der Waals surface area contributed by atoms with Crippen LogP contribution in [-0.2, 0) is 18.3 Å². The van der Waals surface area contributed by atoms with Crippen LogP contribution in [0.3, 0.4) is 0 Å². The standard InChI is InChI=1S/C20H21ClN4O2S/c1-25-19(16-5-3-4-6-17(16)27-2)23-24-20(25)28-13-18(26)22-12-11-14-7-9-15(21)10-8-14/h3-10H,11-13H2,1-2H3,(H,22,26). The number of nitrogens with zero attached hydrogens (tertiary/aromatic N) is 3. The first-order valence-electron chi connectivity index (χ1n) is 8.75.